The molecule has 0 unspecified atom stereocenters. The van der Waals surface area contributed by atoms with Gasteiger partial charge in [-0.25, -0.2) is 13.4 Å². The second kappa shape index (κ2) is 6.89. The van der Waals surface area contributed by atoms with Gasteiger partial charge in [-0.15, -0.1) is 0 Å². The third-order valence-electron chi connectivity index (χ3n) is 5.07. The molecule has 0 bridgehead atoms. The van der Waals surface area contributed by atoms with Gasteiger partial charge < -0.3 is 4.98 Å². The SMILES string of the molecule is O=S(=O)(c1ccc(C(F)(F)F)cc1)N1CCC(c2nc3ccccc3[nH]2)CC1. The molecule has 0 saturated carbocycles. The summed E-state index contributed by atoms with van der Waals surface area (Å²) in [7, 11) is -3.82. The van der Waals surface area contributed by atoms with E-state index in [4.69, 9.17) is 0 Å². The Labute approximate surface area is 160 Å². The van der Waals surface area contributed by atoms with Gasteiger partial charge in [0.05, 0.1) is 21.5 Å². The number of hydrogen-bond acceptors (Lipinski definition) is 3. The summed E-state index contributed by atoms with van der Waals surface area (Å²) in [5.41, 5.74) is 0.949. The highest BCUT2D eigenvalue weighted by atomic mass is 32.2. The van der Waals surface area contributed by atoms with Crippen LogP contribution in [0.1, 0.15) is 30.1 Å². The minimum atomic E-state index is -4.49. The Morgan fingerprint density at radius 1 is 1.00 bits per heavy atom. The van der Waals surface area contributed by atoms with E-state index in [0.717, 1.165) is 41.1 Å². The first-order valence-corrected chi connectivity index (χ1v) is 10.3. The van der Waals surface area contributed by atoms with Crippen molar-refractivity contribution < 1.29 is 21.6 Å². The normalized spacial score (nSPS) is 17.2. The van der Waals surface area contributed by atoms with E-state index in [1.54, 1.807) is 0 Å². The van der Waals surface area contributed by atoms with E-state index in [9.17, 15) is 21.6 Å². The van der Waals surface area contributed by atoms with Gasteiger partial charge in [-0.1, -0.05) is 12.1 Å². The van der Waals surface area contributed by atoms with Gasteiger partial charge in [0.1, 0.15) is 5.82 Å². The summed E-state index contributed by atoms with van der Waals surface area (Å²) >= 11 is 0. The summed E-state index contributed by atoms with van der Waals surface area (Å²) in [4.78, 5) is 7.75. The predicted octanol–water partition coefficient (Wildman–Crippen LogP) is 4.15. The Kier molecular flexibility index (Phi) is 4.67. The summed E-state index contributed by atoms with van der Waals surface area (Å²) in [6, 6.07) is 11.3. The highest BCUT2D eigenvalue weighted by molar-refractivity contribution is 7.89. The lowest BCUT2D eigenvalue weighted by atomic mass is 9.97. The zero-order valence-electron chi connectivity index (χ0n) is 14.8. The number of hydrogen-bond donors (Lipinski definition) is 1. The van der Waals surface area contributed by atoms with Crippen LogP contribution in [-0.2, 0) is 16.2 Å². The summed E-state index contributed by atoms with van der Waals surface area (Å²) in [6.45, 7) is 0.593. The standard InChI is InChI=1S/C19H18F3N3O2S/c20-19(21,22)14-5-7-15(8-6-14)28(26,27)25-11-9-13(10-12-25)18-23-16-3-1-2-4-17(16)24-18/h1-8,13H,9-12H2,(H,23,24). The van der Waals surface area contributed by atoms with Gasteiger partial charge in [0.2, 0.25) is 10.0 Å². The molecule has 1 aromatic heterocycles. The predicted molar refractivity (Wildman–Crippen MR) is 98.3 cm³/mol. The molecule has 9 heteroatoms. The summed E-state index contributed by atoms with van der Waals surface area (Å²) in [5.74, 6) is 0.958. The van der Waals surface area contributed by atoms with Crippen LogP contribution in [0.2, 0.25) is 0 Å². The van der Waals surface area contributed by atoms with E-state index >= 15 is 0 Å². The number of piperidine rings is 1. The molecule has 1 aliphatic rings. The fourth-order valence-corrected chi connectivity index (χ4v) is 4.97. The summed E-state index contributed by atoms with van der Waals surface area (Å²) in [6.07, 6.45) is -3.30. The molecule has 0 radical (unpaired) electrons. The van der Waals surface area contributed by atoms with Gasteiger partial charge in [-0.2, -0.15) is 17.5 Å². The monoisotopic (exact) mass is 409 g/mol. The molecular formula is C19H18F3N3O2S. The molecule has 2 heterocycles. The molecule has 4 rings (SSSR count). The number of alkyl halides is 3. The zero-order valence-corrected chi connectivity index (χ0v) is 15.6. The Morgan fingerprint density at radius 2 is 1.64 bits per heavy atom. The van der Waals surface area contributed by atoms with Crippen LogP contribution in [0, 0.1) is 0 Å². The average Bonchev–Trinajstić information content (AvgIpc) is 3.12. The Hall–Kier alpha value is -2.39. The van der Waals surface area contributed by atoms with E-state index in [0.29, 0.717) is 25.9 Å². The van der Waals surface area contributed by atoms with Crippen LogP contribution in [-0.4, -0.2) is 35.8 Å². The number of imidazole rings is 1. The summed E-state index contributed by atoms with van der Waals surface area (Å²) in [5, 5.41) is 0. The number of nitrogens with zero attached hydrogens (tertiary/aromatic N) is 2. The first kappa shape index (κ1) is 18.9. The molecule has 0 aliphatic carbocycles. The van der Waals surface area contributed by atoms with Gasteiger partial charge in [0, 0.05) is 19.0 Å². The van der Waals surface area contributed by atoms with Crippen LogP contribution >= 0.6 is 0 Å². The van der Waals surface area contributed by atoms with Crippen molar-refractivity contribution in [3.05, 3.63) is 59.9 Å². The second-order valence-electron chi connectivity index (χ2n) is 6.84. The van der Waals surface area contributed by atoms with Crippen molar-refractivity contribution in [3.8, 4) is 0 Å². The third kappa shape index (κ3) is 3.51. The van der Waals surface area contributed by atoms with Gasteiger partial charge in [0.25, 0.3) is 0 Å². The number of nitrogens with one attached hydrogen (secondary N) is 1. The minimum Gasteiger partial charge on any atom is -0.342 e. The van der Waals surface area contributed by atoms with E-state index < -0.39 is 21.8 Å². The van der Waals surface area contributed by atoms with Crippen LogP contribution in [0.15, 0.2) is 53.4 Å². The fourth-order valence-electron chi connectivity index (χ4n) is 3.50. The van der Waals surface area contributed by atoms with E-state index in [-0.39, 0.29) is 10.8 Å². The number of sulfonamides is 1. The number of H-pyrrole nitrogens is 1. The number of aromatic amines is 1. The maximum absolute atomic E-state index is 12.8. The molecule has 0 amide bonds. The van der Waals surface area contributed by atoms with Gasteiger partial charge in [-0.3, -0.25) is 0 Å². The van der Waals surface area contributed by atoms with E-state index in [1.807, 2.05) is 24.3 Å². The molecule has 2 aromatic carbocycles. The molecule has 1 N–H and O–H groups in total. The van der Waals surface area contributed by atoms with E-state index in [1.165, 1.54) is 4.31 Å². The number of benzene rings is 2. The smallest absolute Gasteiger partial charge is 0.342 e. The number of aromatic nitrogens is 2. The van der Waals surface area contributed by atoms with Crippen LogP contribution in [0.25, 0.3) is 11.0 Å². The van der Waals surface area contributed by atoms with Crippen molar-refractivity contribution in [1.82, 2.24) is 14.3 Å². The van der Waals surface area contributed by atoms with Crippen molar-refractivity contribution in [3.63, 3.8) is 0 Å². The Morgan fingerprint density at radius 3 is 2.25 bits per heavy atom. The van der Waals surface area contributed by atoms with Crippen molar-refractivity contribution in [2.75, 3.05) is 13.1 Å². The average molecular weight is 409 g/mol. The highest BCUT2D eigenvalue weighted by Gasteiger charge is 2.33. The highest BCUT2D eigenvalue weighted by Crippen LogP contribution is 2.32. The molecule has 3 aromatic rings. The molecule has 5 nitrogen and oxygen atoms in total. The topological polar surface area (TPSA) is 66.1 Å². The first-order valence-electron chi connectivity index (χ1n) is 8.87. The zero-order chi connectivity index (χ0) is 19.9. The van der Waals surface area contributed by atoms with Gasteiger partial charge >= 0.3 is 6.18 Å². The molecule has 1 aliphatic heterocycles. The Bertz CT molecular complexity index is 1050. The van der Waals surface area contributed by atoms with Crippen LogP contribution in [0.3, 0.4) is 0 Å². The number of fused-ring (bicyclic) bond motifs is 1. The Balaban J connectivity index is 1.47. The third-order valence-corrected chi connectivity index (χ3v) is 6.98. The minimum absolute atomic E-state index is 0.117. The lowest BCUT2D eigenvalue weighted by Gasteiger charge is -2.30. The molecule has 148 valence electrons. The maximum atomic E-state index is 12.8. The number of halogens is 3. The van der Waals surface area contributed by atoms with E-state index in [2.05, 4.69) is 9.97 Å². The lowest BCUT2D eigenvalue weighted by Crippen LogP contribution is -2.38. The van der Waals surface area contributed by atoms with Crippen LogP contribution in [0.5, 0.6) is 0 Å². The van der Waals surface area contributed by atoms with Crippen LogP contribution < -0.4 is 0 Å². The summed E-state index contributed by atoms with van der Waals surface area (Å²) < 4.78 is 64.9. The molecule has 0 spiro atoms. The molecule has 28 heavy (non-hydrogen) atoms. The lowest BCUT2D eigenvalue weighted by molar-refractivity contribution is -0.137. The fraction of sp³-hybridized carbons (Fsp3) is 0.316. The number of rotatable bonds is 3. The quantitative estimate of drug-likeness (QED) is 0.707. The van der Waals surface area contributed by atoms with Crippen molar-refractivity contribution in [2.45, 2.75) is 29.8 Å². The number of para-hydroxylation sites is 2. The van der Waals surface area contributed by atoms with Gasteiger partial charge in [0.15, 0.2) is 0 Å². The first-order chi connectivity index (χ1) is 13.2. The molecule has 1 saturated heterocycles. The van der Waals surface area contributed by atoms with Crippen LogP contribution in [0.4, 0.5) is 13.2 Å². The molecule has 1 fully saturated rings. The second-order valence-corrected chi connectivity index (χ2v) is 8.78. The van der Waals surface area contributed by atoms with Crippen molar-refractivity contribution >= 4 is 21.1 Å². The van der Waals surface area contributed by atoms with Crippen molar-refractivity contribution in [1.29, 1.82) is 0 Å². The largest absolute Gasteiger partial charge is 0.416 e. The van der Waals surface area contributed by atoms with Gasteiger partial charge in [-0.05, 0) is 49.2 Å². The molecular weight excluding hydrogens is 391 g/mol. The van der Waals surface area contributed by atoms with Crippen molar-refractivity contribution in [2.24, 2.45) is 0 Å². The molecule has 0 atom stereocenters. The maximum Gasteiger partial charge on any atom is 0.416 e.